The molecule has 29 heavy (non-hydrogen) atoms. The predicted octanol–water partition coefficient (Wildman–Crippen LogP) is 3.52. The normalized spacial score (nSPS) is 10.4. The molecule has 0 saturated heterocycles. The number of hydrogen-bond donors (Lipinski definition) is 2. The lowest BCUT2D eigenvalue weighted by atomic mass is 10.1. The number of halogens is 1. The third-order valence-electron chi connectivity index (χ3n) is 4.34. The number of aromatic nitrogens is 2. The Hall–Kier alpha value is -3.48. The zero-order valence-corrected chi connectivity index (χ0v) is 16.4. The van der Waals surface area contributed by atoms with Crippen molar-refractivity contribution in [3.63, 3.8) is 0 Å². The summed E-state index contributed by atoms with van der Waals surface area (Å²) in [7, 11) is 1.62. The highest BCUT2D eigenvalue weighted by atomic mass is 19.1. The number of hydrogen-bond acceptors (Lipinski definition) is 5. The molecule has 1 aromatic heterocycles. The molecule has 0 radical (unpaired) electrons. The minimum Gasteiger partial charge on any atom is -0.497 e. The van der Waals surface area contributed by atoms with Gasteiger partial charge in [-0.15, -0.1) is 0 Å². The molecule has 0 aliphatic carbocycles. The number of aryl methyl sites for hydroxylation is 1. The van der Waals surface area contributed by atoms with E-state index < -0.39 is 0 Å². The van der Waals surface area contributed by atoms with E-state index in [2.05, 4.69) is 20.6 Å². The molecular formula is C22H23FN4O2. The summed E-state index contributed by atoms with van der Waals surface area (Å²) in [6.07, 6.45) is 0.693. The lowest BCUT2D eigenvalue weighted by Crippen LogP contribution is -2.27. The highest BCUT2D eigenvalue weighted by Crippen LogP contribution is 2.12. The predicted molar refractivity (Wildman–Crippen MR) is 110 cm³/mol. The fourth-order valence-corrected chi connectivity index (χ4v) is 2.78. The second-order valence-corrected chi connectivity index (χ2v) is 6.52. The number of nitrogens with one attached hydrogen (secondary N) is 2. The average molecular weight is 394 g/mol. The summed E-state index contributed by atoms with van der Waals surface area (Å²) in [6.45, 7) is 2.49. The molecule has 0 atom stereocenters. The van der Waals surface area contributed by atoms with Gasteiger partial charge in [0.25, 0.3) is 5.91 Å². The molecule has 2 aromatic carbocycles. The zero-order chi connectivity index (χ0) is 20.6. The number of rotatable bonds is 8. The third kappa shape index (κ3) is 5.75. The Morgan fingerprint density at radius 3 is 2.59 bits per heavy atom. The first-order valence-electron chi connectivity index (χ1n) is 9.29. The second kappa shape index (κ2) is 9.64. The van der Waals surface area contributed by atoms with Crippen LogP contribution in [0.4, 0.5) is 10.3 Å². The summed E-state index contributed by atoms with van der Waals surface area (Å²) < 4.78 is 18.9. The van der Waals surface area contributed by atoms with Gasteiger partial charge in [-0.2, -0.15) is 0 Å². The van der Waals surface area contributed by atoms with Crippen molar-refractivity contribution < 1.29 is 13.9 Å². The van der Waals surface area contributed by atoms with Gasteiger partial charge in [-0.05, 0) is 43.2 Å². The molecule has 0 bridgehead atoms. The number of nitrogens with zero attached hydrogens (tertiary/aromatic N) is 2. The van der Waals surface area contributed by atoms with E-state index >= 15 is 0 Å². The van der Waals surface area contributed by atoms with Crippen LogP contribution in [-0.4, -0.2) is 29.5 Å². The molecule has 0 unspecified atom stereocenters. The van der Waals surface area contributed by atoms with Gasteiger partial charge < -0.3 is 15.4 Å². The van der Waals surface area contributed by atoms with E-state index in [1.807, 2.05) is 24.3 Å². The zero-order valence-electron chi connectivity index (χ0n) is 16.4. The standard InChI is InChI=1S/C22H23FN4O2/c1-15-13-20(21(28)24-12-11-16-7-9-18(29-2)10-8-16)27-22(26-15)25-14-17-5-3-4-6-19(17)23/h3-10,13H,11-12,14H2,1-2H3,(H,24,28)(H,25,26,27). The molecule has 2 N–H and O–H groups in total. The van der Waals surface area contributed by atoms with Crippen LogP contribution < -0.4 is 15.4 Å². The van der Waals surface area contributed by atoms with Gasteiger partial charge in [-0.1, -0.05) is 30.3 Å². The van der Waals surface area contributed by atoms with Crippen LogP contribution in [0.25, 0.3) is 0 Å². The second-order valence-electron chi connectivity index (χ2n) is 6.52. The van der Waals surface area contributed by atoms with Gasteiger partial charge in [-0.25, -0.2) is 14.4 Å². The Kier molecular flexibility index (Phi) is 6.73. The Labute approximate surface area is 169 Å². The van der Waals surface area contributed by atoms with Crippen molar-refractivity contribution in [1.82, 2.24) is 15.3 Å². The van der Waals surface area contributed by atoms with Crippen LogP contribution >= 0.6 is 0 Å². The Morgan fingerprint density at radius 1 is 1.10 bits per heavy atom. The average Bonchev–Trinajstić information content (AvgIpc) is 2.73. The molecule has 0 aliphatic rings. The fourth-order valence-electron chi connectivity index (χ4n) is 2.78. The van der Waals surface area contributed by atoms with E-state index in [0.29, 0.717) is 24.2 Å². The van der Waals surface area contributed by atoms with Crippen molar-refractivity contribution >= 4 is 11.9 Å². The molecule has 0 saturated carbocycles. The van der Waals surface area contributed by atoms with Gasteiger partial charge in [-0.3, -0.25) is 4.79 Å². The number of benzene rings is 2. The van der Waals surface area contributed by atoms with Crippen molar-refractivity contribution in [3.05, 3.63) is 82.9 Å². The summed E-state index contributed by atoms with van der Waals surface area (Å²) in [6, 6.07) is 15.8. The summed E-state index contributed by atoms with van der Waals surface area (Å²) in [5, 5.41) is 5.84. The van der Waals surface area contributed by atoms with Gasteiger partial charge in [0.15, 0.2) is 0 Å². The molecular weight excluding hydrogens is 371 g/mol. The highest BCUT2D eigenvalue weighted by molar-refractivity contribution is 5.92. The minimum absolute atomic E-state index is 0.231. The SMILES string of the molecule is COc1ccc(CCNC(=O)c2cc(C)nc(NCc3ccccc3F)n2)cc1. The maximum atomic E-state index is 13.7. The Bertz CT molecular complexity index is 977. The molecule has 0 aliphatic heterocycles. The molecule has 3 rings (SSSR count). The monoisotopic (exact) mass is 394 g/mol. The molecule has 0 fully saturated rings. The quantitative estimate of drug-likeness (QED) is 0.611. The Balaban J connectivity index is 1.57. The van der Waals surface area contributed by atoms with Crippen molar-refractivity contribution in [2.45, 2.75) is 19.9 Å². The van der Waals surface area contributed by atoms with Crippen molar-refractivity contribution in [3.8, 4) is 5.75 Å². The maximum Gasteiger partial charge on any atom is 0.270 e. The van der Waals surface area contributed by atoms with Crippen LogP contribution in [-0.2, 0) is 13.0 Å². The van der Waals surface area contributed by atoms with E-state index in [4.69, 9.17) is 4.74 Å². The first kappa shape index (κ1) is 20.3. The number of amides is 1. The number of anilines is 1. The maximum absolute atomic E-state index is 13.7. The van der Waals surface area contributed by atoms with E-state index in [1.165, 1.54) is 6.07 Å². The lowest BCUT2D eigenvalue weighted by Gasteiger charge is -2.10. The summed E-state index contributed by atoms with van der Waals surface area (Å²) in [5.74, 6) is 0.500. The summed E-state index contributed by atoms with van der Waals surface area (Å²) >= 11 is 0. The molecule has 7 heteroatoms. The largest absolute Gasteiger partial charge is 0.497 e. The van der Waals surface area contributed by atoms with Crippen molar-refractivity contribution in [1.29, 1.82) is 0 Å². The topological polar surface area (TPSA) is 76.1 Å². The van der Waals surface area contributed by atoms with Gasteiger partial charge >= 0.3 is 0 Å². The molecule has 150 valence electrons. The van der Waals surface area contributed by atoms with Crippen LogP contribution in [0.15, 0.2) is 54.6 Å². The lowest BCUT2D eigenvalue weighted by molar-refractivity contribution is 0.0949. The number of carbonyl (C=O) groups excluding carboxylic acids is 1. The van der Waals surface area contributed by atoms with Gasteiger partial charge in [0.05, 0.1) is 7.11 Å². The van der Waals surface area contributed by atoms with Gasteiger partial charge in [0.1, 0.15) is 17.3 Å². The molecule has 0 spiro atoms. The van der Waals surface area contributed by atoms with Crippen LogP contribution in [0.2, 0.25) is 0 Å². The van der Waals surface area contributed by atoms with E-state index in [0.717, 1.165) is 11.3 Å². The van der Waals surface area contributed by atoms with Gasteiger partial charge in [0, 0.05) is 24.3 Å². The summed E-state index contributed by atoms with van der Waals surface area (Å²) in [4.78, 5) is 21.0. The molecule has 6 nitrogen and oxygen atoms in total. The number of methoxy groups -OCH3 is 1. The van der Waals surface area contributed by atoms with Crippen LogP contribution in [0.1, 0.15) is 27.3 Å². The summed E-state index contributed by atoms with van der Waals surface area (Å²) in [5.41, 5.74) is 2.51. The minimum atomic E-state index is -0.302. The number of ether oxygens (including phenoxy) is 1. The van der Waals surface area contributed by atoms with Crippen LogP contribution in [0, 0.1) is 12.7 Å². The first-order chi connectivity index (χ1) is 14.0. The van der Waals surface area contributed by atoms with Gasteiger partial charge in [0.2, 0.25) is 5.95 Å². The fraction of sp³-hybridized carbons (Fsp3) is 0.227. The van der Waals surface area contributed by atoms with Crippen molar-refractivity contribution in [2.24, 2.45) is 0 Å². The van der Waals surface area contributed by atoms with Crippen LogP contribution in [0.3, 0.4) is 0 Å². The Morgan fingerprint density at radius 2 is 1.86 bits per heavy atom. The van der Waals surface area contributed by atoms with E-state index in [9.17, 15) is 9.18 Å². The molecule has 3 aromatic rings. The first-order valence-corrected chi connectivity index (χ1v) is 9.29. The molecule has 1 heterocycles. The smallest absolute Gasteiger partial charge is 0.270 e. The van der Waals surface area contributed by atoms with E-state index in [1.54, 1.807) is 38.3 Å². The third-order valence-corrected chi connectivity index (χ3v) is 4.34. The van der Waals surface area contributed by atoms with Crippen molar-refractivity contribution in [2.75, 3.05) is 19.0 Å². The highest BCUT2D eigenvalue weighted by Gasteiger charge is 2.11. The number of carbonyl (C=O) groups is 1. The van der Waals surface area contributed by atoms with Crippen LogP contribution in [0.5, 0.6) is 5.75 Å². The van der Waals surface area contributed by atoms with E-state index in [-0.39, 0.29) is 29.9 Å². The molecule has 1 amide bonds.